The maximum absolute atomic E-state index is 15.7. The van der Waals surface area contributed by atoms with Crippen LogP contribution in [0.5, 0.6) is 5.75 Å². The van der Waals surface area contributed by atoms with E-state index in [0.717, 1.165) is 54.9 Å². The fourth-order valence-corrected chi connectivity index (χ4v) is 20.3. The van der Waals surface area contributed by atoms with Gasteiger partial charge in [-0.05, 0) is 132 Å². The number of oxazole rings is 1. The monoisotopic (exact) mass is 1710 g/mol. The van der Waals surface area contributed by atoms with E-state index in [1.165, 1.54) is 59.2 Å². The summed E-state index contributed by atoms with van der Waals surface area (Å²) in [5.74, 6) is -9.05. The van der Waals surface area contributed by atoms with Gasteiger partial charge in [-0.25, -0.2) is 28.0 Å². The van der Waals surface area contributed by atoms with Gasteiger partial charge in [0.25, 0.3) is 11.8 Å². The Morgan fingerprint density at radius 1 is 0.785 bits per heavy atom. The molecule has 7 fully saturated rings. The number of nitrogens with zero attached hydrogens (tertiary/aromatic N) is 9. The molecule has 8 aliphatic heterocycles. The van der Waals surface area contributed by atoms with Crippen LogP contribution < -0.4 is 26.2 Å². The van der Waals surface area contributed by atoms with Crippen molar-refractivity contribution in [2.75, 3.05) is 103 Å². The number of aliphatic hydroxyl groups is 1. The molecule has 10 heterocycles. The molecule has 121 heavy (non-hydrogen) atoms. The maximum atomic E-state index is 15.7. The number of Topliss-reactive ketones (excluding diaryl/α,β-unsaturated/α-hetero) is 2. The number of fused-ring (bicyclic) bond motifs is 8. The number of hydrogen-bond acceptors (Lipinski definition) is 25. The predicted octanol–water partition coefficient (Wildman–Crippen LogP) is 4.59. The Balaban J connectivity index is 0.000000278. The molecule has 0 saturated carbocycles. The third kappa shape index (κ3) is 23.8. The maximum Gasteiger partial charge on any atom is 0.333 e. The van der Waals surface area contributed by atoms with E-state index in [-0.39, 0.29) is 124 Å². The average Bonchev–Trinajstić information content (AvgIpc) is 1.69. The number of ketones is 2. The van der Waals surface area contributed by atoms with Crippen LogP contribution in [0.25, 0.3) is 0 Å². The Morgan fingerprint density at radius 3 is 2.17 bits per heavy atom. The molecule has 0 aliphatic carbocycles. The molecule has 34 heteroatoms. The first-order valence-corrected chi connectivity index (χ1v) is 44.7. The van der Waals surface area contributed by atoms with Crippen LogP contribution in [-0.2, 0) is 80.1 Å². The second-order valence-corrected chi connectivity index (χ2v) is 36.4. The first-order chi connectivity index (χ1) is 57.7. The smallest absolute Gasteiger partial charge is 0.333 e. The van der Waals surface area contributed by atoms with Crippen LogP contribution in [0, 0.1) is 23.7 Å². The molecule has 32 nitrogen and oxygen atoms in total. The SMILES string of the molecule is CCN(CC)CCS(=O)(=O)[C@@H]1CCN2C(=O)c3coc(n3)CC(=O)C[C@H](O)/C=C(C)\C=C/CNC(=O)/C=C\[C@@H](C)[C@@H](C(C)C)OC(=O)C12.CC[C@@H]1NC(=O)[C@@H](NC(=O)c2ncccc2O)[C@@H](C)OC(=O)[C@H](c2ccccc2)NC(=O)C2CC(=O)[C@H](CS[C@@H]3CN4CCC3CC4)CN2C(=O)[C@H](Cc2ccc(N(C)C)cc2)N(C)C(=O)[C@@H]2CCCN2C1=O. The summed E-state index contributed by atoms with van der Waals surface area (Å²) in [5, 5.41) is 30.8. The lowest BCUT2D eigenvalue weighted by atomic mass is 9.88. The molecule has 2 unspecified atom stereocenters. The number of hydrogen-bond donors (Lipinski definition) is 6. The molecule has 4 aromatic rings. The van der Waals surface area contributed by atoms with Crippen LogP contribution >= 0.6 is 11.8 Å². The number of anilines is 1. The van der Waals surface area contributed by atoms with E-state index in [4.69, 9.17) is 13.9 Å². The third-order valence-electron chi connectivity index (χ3n) is 23.8. The summed E-state index contributed by atoms with van der Waals surface area (Å²) in [6.45, 7) is 19.0. The second-order valence-electron chi connectivity index (χ2n) is 32.8. The summed E-state index contributed by atoms with van der Waals surface area (Å²) in [5.41, 5.74) is 1.99. The van der Waals surface area contributed by atoms with E-state index in [1.54, 1.807) is 81.1 Å². The number of carbonyl (C=O) groups is 12. The lowest BCUT2D eigenvalue weighted by Gasteiger charge is -2.45. The number of nitrogens with one attached hydrogen (secondary N) is 4. The van der Waals surface area contributed by atoms with E-state index < -0.39 is 152 Å². The van der Waals surface area contributed by atoms with Crippen molar-refractivity contribution in [3.63, 3.8) is 0 Å². The predicted molar refractivity (Wildman–Crippen MR) is 452 cm³/mol. The van der Waals surface area contributed by atoms with Gasteiger partial charge < -0.3 is 79.7 Å². The van der Waals surface area contributed by atoms with Gasteiger partial charge in [0.1, 0.15) is 72.0 Å². The van der Waals surface area contributed by atoms with E-state index in [2.05, 4.69) is 36.1 Å². The molecular formula is C87H117N13O19S2. The number of rotatable bonds is 17. The van der Waals surface area contributed by atoms with Crippen LogP contribution in [0.3, 0.4) is 0 Å². The van der Waals surface area contributed by atoms with Gasteiger partial charge in [0, 0.05) is 114 Å². The van der Waals surface area contributed by atoms with Crippen molar-refractivity contribution >= 4 is 98.0 Å². The molecule has 656 valence electrons. The number of esters is 2. The van der Waals surface area contributed by atoms with Gasteiger partial charge in [0.05, 0.1) is 23.5 Å². The summed E-state index contributed by atoms with van der Waals surface area (Å²) in [7, 11) is 1.46. The second kappa shape index (κ2) is 42.6. The summed E-state index contributed by atoms with van der Waals surface area (Å²) >= 11 is 1.73. The molecular weight excluding hydrogens is 1600 g/mol. The van der Waals surface area contributed by atoms with Gasteiger partial charge in [-0.15, -0.1) is 0 Å². The molecule has 7 saturated heterocycles. The number of pyridine rings is 1. The highest BCUT2D eigenvalue weighted by molar-refractivity contribution is 8.00. The number of thioether (sulfide) groups is 1. The molecule has 0 spiro atoms. The zero-order chi connectivity index (χ0) is 87.7. The zero-order valence-corrected chi connectivity index (χ0v) is 72.5. The largest absolute Gasteiger partial charge is 0.505 e. The van der Waals surface area contributed by atoms with Gasteiger partial charge in [-0.2, -0.15) is 11.8 Å². The van der Waals surface area contributed by atoms with E-state index >= 15 is 14.4 Å². The molecule has 14 atom stereocenters. The quantitative estimate of drug-likeness (QED) is 0.0787. The fourth-order valence-electron chi connectivity index (χ4n) is 16.8. The molecule has 2 aromatic heterocycles. The molecule has 0 radical (unpaired) electrons. The van der Waals surface area contributed by atoms with E-state index in [0.29, 0.717) is 42.0 Å². The number of aliphatic hydroxyl groups excluding tert-OH is 1. The fraction of sp³-hybridized carbons (Fsp3) is 0.563. The van der Waals surface area contributed by atoms with Crippen molar-refractivity contribution in [2.45, 2.75) is 191 Å². The highest BCUT2D eigenvalue weighted by atomic mass is 32.2. The number of ether oxygens (including phenoxy) is 2. The number of piperidine rings is 4. The van der Waals surface area contributed by atoms with Gasteiger partial charge in [0.15, 0.2) is 27.3 Å². The van der Waals surface area contributed by atoms with E-state index in [9.17, 15) is 61.8 Å². The lowest BCUT2D eigenvalue weighted by Crippen LogP contribution is -2.63. The lowest BCUT2D eigenvalue weighted by molar-refractivity contribution is -0.158. The van der Waals surface area contributed by atoms with Crippen molar-refractivity contribution in [1.29, 1.82) is 0 Å². The summed E-state index contributed by atoms with van der Waals surface area (Å²) in [6, 6.07) is 8.81. The Bertz CT molecular complexity index is 4590. The molecule has 8 aliphatic rings. The van der Waals surface area contributed by atoms with Crippen LogP contribution in [-0.4, -0.2) is 292 Å². The number of aromatic hydroxyl groups is 1. The number of aromatic nitrogens is 2. The number of benzene rings is 2. The van der Waals surface area contributed by atoms with Gasteiger partial charge >= 0.3 is 11.9 Å². The summed E-state index contributed by atoms with van der Waals surface area (Å²) in [4.78, 5) is 190. The van der Waals surface area contributed by atoms with Gasteiger partial charge in [-0.3, -0.25) is 47.9 Å². The minimum Gasteiger partial charge on any atom is -0.505 e. The minimum absolute atomic E-state index is 0.0243. The molecule has 2 aromatic carbocycles. The summed E-state index contributed by atoms with van der Waals surface area (Å²) < 4.78 is 44.9. The Hall–Kier alpha value is -10.2. The van der Waals surface area contributed by atoms with Gasteiger partial charge in [-0.1, -0.05) is 114 Å². The molecule has 12 rings (SSSR count). The van der Waals surface area contributed by atoms with Crippen molar-refractivity contribution in [3.8, 4) is 5.75 Å². The van der Waals surface area contributed by atoms with Gasteiger partial charge in [0.2, 0.25) is 41.3 Å². The van der Waals surface area contributed by atoms with Crippen LogP contribution in [0.4, 0.5) is 5.69 Å². The zero-order valence-electron chi connectivity index (χ0n) is 70.9. The molecule has 8 amide bonds. The Kier molecular flexibility index (Phi) is 32.8. The number of likely N-dealkylation sites (N-methyl/N-ethyl adjacent to an activating group) is 1. The van der Waals surface area contributed by atoms with E-state index in [1.807, 2.05) is 75.9 Å². The highest BCUT2D eigenvalue weighted by Gasteiger charge is 2.52. The minimum atomic E-state index is -3.87. The third-order valence-corrected chi connectivity index (χ3v) is 27.5. The van der Waals surface area contributed by atoms with Crippen LogP contribution in [0.2, 0.25) is 0 Å². The van der Waals surface area contributed by atoms with Crippen molar-refractivity contribution in [3.05, 3.63) is 144 Å². The topological polar surface area (TPSA) is 408 Å². The Labute approximate surface area is 711 Å². The summed E-state index contributed by atoms with van der Waals surface area (Å²) in [6.07, 6.45) is 9.09. The molecule has 4 bridgehead atoms. The first-order valence-electron chi connectivity index (χ1n) is 41.9. The first kappa shape index (κ1) is 93.1. The normalized spacial score (nSPS) is 28.9. The Morgan fingerprint density at radius 2 is 1.50 bits per heavy atom. The number of carbonyl (C=O) groups excluding carboxylic acids is 12. The highest BCUT2D eigenvalue weighted by Crippen LogP contribution is 2.38. The average molecular weight is 1710 g/mol. The molecule has 6 N–H and O–H groups in total. The van der Waals surface area contributed by atoms with Crippen LogP contribution in [0.1, 0.15) is 151 Å². The number of amides is 8. The van der Waals surface area contributed by atoms with Crippen molar-refractivity contribution < 1.29 is 90.1 Å². The van der Waals surface area contributed by atoms with Crippen molar-refractivity contribution in [1.82, 2.24) is 60.6 Å². The number of sulfone groups is 1. The number of allylic oxidation sites excluding steroid dienone is 2. The number of cyclic esters (lactones) is 2. The standard InChI is InChI=1S/C53H67N9O10S.C34H50N4O9S/c1-6-37-50(68)61-23-11-14-38(61)51(69)59(5)40(26-32-16-18-36(19-17-32)58(3)4)52(70)62-28-35(30-73-43-29-60-24-20-33(43)21-25-60)42(64)27-39(62)47(65)57-45(34-12-8-7-9-13-34)53(71)72-31(2)44(48(66)55-37)56-49(67)46-41(63)15-10-22-54-46;1-7-37(8-2)16-17-48(44,45)28-13-15-38-31(28)34(43)47-32(22(3)4)24(6)11-12-29(41)35-14-9-10-23(5)18-25(39)19-26(40)20-30-36-27(21-46-30)33(38)42/h7-10,12-13,15-19,22,31,33,35,37-40,43-45,63H,6,11,14,20-21,23-30H2,1-5H3,(H,55,66)(H,56,67)(H,57,65);9-12,18,21-22,24-25,28,31-32,39H,7-8,13-17,19-20H2,1-6H3,(H,35,41)/b;10-9-,12-11-,23-18-/t31-,35+,37+,38+,39?,40+,43-,44+,45+;24-,25-,28-,31?,32-/m11/s1. The van der Waals surface area contributed by atoms with Crippen molar-refractivity contribution in [2.24, 2.45) is 23.7 Å². The van der Waals surface area contributed by atoms with Crippen LogP contribution in [0.15, 0.2) is 120 Å².